The van der Waals surface area contributed by atoms with Gasteiger partial charge in [0, 0.05) is 16.5 Å². The molecule has 0 spiro atoms. The summed E-state index contributed by atoms with van der Waals surface area (Å²) in [5.74, 6) is 0.333. The van der Waals surface area contributed by atoms with Gasteiger partial charge >= 0.3 is 0 Å². The molecule has 0 atom stereocenters. The lowest BCUT2D eigenvalue weighted by Crippen LogP contribution is -2.45. The molecule has 0 radical (unpaired) electrons. The summed E-state index contributed by atoms with van der Waals surface area (Å²) in [4.78, 5) is 15.6. The summed E-state index contributed by atoms with van der Waals surface area (Å²) in [5.41, 5.74) is 10.0. The largest absolute Gasteiger partial charge is 0.483 e. The second kappa shape index (κ2) is 9.32. The Labute approximate surface area is 185 Å². The number of amides is 1. The predicted octanol–water partition coefficient (Wildman–Crippen LogP) is 4.54. The van der Waals surface area contributed by atoms with E-state index in [9.17, 15) is 4.79 Å². The van der Waals surface area contributed by atoms with Crippen molar-refractivity contribution in [3.63, 3.8) is 0 Å². The van der Waals surface area contributed by atoms with E-state index < -0.39 is 0 Å². The van der Waals surface area contributed by atoms with Gasteiger partial charge in [-0.25, -0.2) is 0 Å². The molecule has 1 amide bonds. The number of ether oxygens (including phenoxy) is 1. The fourth-order valence-electron chi connectivity index (χ4n) is 3.26. The van der Waals surface area contributed by atoms with E-state index in [1.165, 1.54) is 0 Å². The first-order chi connectivity index (χ1) is 15.1. The minimum absolute atomic E-state index is 0.122. The number of fused-ring (bicyclic) bond motifs is 1. The van der Waals surface area contributed by atoms with E-state index >= 15 is 0 Å². The zero-order valence-electron chi connectivity index (χ0n) is 16.9. The molecule has 0 saturated heterocycles. The van der Waals surface area contributed by atoms with E-state index in [0.29, 0.717) is 5.75 Å². The molecule has 3 aromatic carbocycles. The summed E-state index contributed by atoms with van der Waals surface area (Å²) in [6, 6.07) is 25.5. The number of rotatable bonds is 5. The van der Waals surface area contributed by atoms with Gasteiger partial charge in [0.25, 0.3) is 5.91 Å². The van der Waals surface area contributed by atoms with Crippen LogP contribution in [0.1, 0.15) is 5.56 Å². The molecule has 0 saturated carbocycles. The molecule has 7 heteroatoms. The molecule has 0 fully saturated rings. The van der Waals surface area contributed by atoms with Crippen LogP contribution in [-0.2, 0) is 4.79 Å². The van der Waals surface area contributed by atoms with Crippen molar-refractivity contribution in [3.8, 4) is 17.0 Å². The Balaban J connectivity index is 1.42. The van der Waals surface area contributed by atoms with Gasteiger partial charge in [0.2, 0.25) is 0 Å². The Morgan fingerprint density at radius 1 is 0.935 bits per heavy atom. The van der Waals surface area contributed by atoms with Crippen molar-refractivity contribution in [2.45, 2.75) is 6.92 Å². The van der Waals surface area contributed by atoms with Crippen molar-refractivity contribution in [1.82, 2.24) is 15.8 Å². The highest BCUT2D eigenvalue weighted by Gasteiger charge is 2.14. The van der Waals surface area contributed by atoms with Gasteiger partial charge in [0.05, 0.1) is 11.4 Å². The molecular formula is C24H22N4O2S. The summed E-state index contributed by atoms with van der Waals surface area (Å²) in [6.45, 7) is 1.80. The molecule has 1 aromatic heterocycles. The minimum Gasteiger partial charge on any atom is -0.483 e. The normalized spacial score (nSPS) is 10.5. The average Bonchev–Trinajstić information content (AvgIpc) is 3.16. The van der Waals surface area contributed by atoms with Gasteiger partial charge in [0.15, 0.2) is 11.7 Å². The van der Waals surface area contributed by atoms with E-state index in [1.807, 2.05) is 85.8 Å². The maximum absolute atomic E-state index is 12.1. The molecule has 156 valence electrons. The molecule has 4 rings (SSSR count). The van der Waals surface area contributed by atoms with Crippen molar-refractivity contribution < 1.29 is 9.53 Å². The molecule has 0 aliphatic carbocycles. The molecule has 0 bridgehead atoms. The van der Waals surface area contributed by atoms with Crippen LogP contribution in [0, 0.1) is 6.92 Å². The SMILES string of the molecule is Cc1ccccc1OCC(=O)NNC(=S)Nc1c(-c2ccccc2)[nH]c2ccccc12. The second-order valence-corrected chi connectivity index (χ2v) is 7.38. The topological polar surface area (TPSA) is 78.2 Å². The standard InChI is InChI=1S/C24H22N4O2S/c1-16-9-5-8-14-20(16)30-15-21(29)27-28-24(31)26-23-18-12-6-7-13-19(18)25-22(23)17-10-3-2-4-11-17/h2-14,25H,15H2,1H3,(H,27,29)(H2,26,28,31). The number of thiocarbonyl (C=S) groups is 1. The molecule has 0 aliphatic rings. The third-order valence-electron chi connectivity index (χ3n) is 4.77. The van der Waals surface area contributed by atoms with Crippen LogP contribution in [0.4, 0.5) is 5.69 Å². The first-order valence-corrected chi connectivity index (χ1v) is 10.2. The highest BCUT2D eigenvalue weighted by molar-refractivity contribution is 7.80. The van der Waals surface area contributed by atoms with Crippen LogP contribution >= 0.6 is 12.2 Å². The molecule has 0 unspecified atom stereocenters. The number of carbonyl (C=O) groups is 1. The number of benzene rings is 3. The molecule has 4 N–H and O–H groups in total. The summed E-state index contributed by atoms with van der Waals surface area (Å²) in [7, 11) is 0. The monoisotopic (exact) mass is 430 g/mol. The molecule has 4 aromatic rings. The molecule has 1 heterocycles. The number of para-hydroxylation sites is 2. The molecule has 6 nitrogen and oxygen atoms in total. The highest BCUT2D eigenvalue weighted by Crippen LogP contribution is 2.34. The smallest absolute Gasteiger partial charge is 0.276 e. The third-order valence-corrected chi connectivity index (χ3v) is 4.98. The fourth-order valence-corrected chi connectivity index (χ4v) is 3.42. The van der Waals surface area contributed by atoms with Gasteiger partial charge in [0.1, 0.15) is 5.75 Å². The average molecular weight is 431 g/mol. The number of hydrazine groups is 1. The van der Waals surface area contributed by atoms with Crippen LogP contribution in [0.5, 0.6) is 5.75 Å². The van der Waals surface area contributed by atoms with Gasteiger partial charge in [-0.05, 0) is 36.8 Å². The minimum atomic E-state index is -0.338. The van der Waals surface area contributed by atoms with Crippen LogP contribution in [-0.4, -0.2) is 22.6 Å². The number of aromatic amines is 1. The number of hydrogen-bond acceptors (Lipinski definition) is 3. The molecule has 31 heavy (non-hydrogen) atoms. The summed E-state index contributed by atoms with van der Waals surface area (Å²) in [6.07, 6.45) is 0. The summed E-state index contributed by atoms with van der Waals surface area (Å²) < 4.78 is 5.55. The lowest BCUT2D eigenvalue weighted by Gasteiger charge is -2.13. The number of aryl methyl sites for hydroxylation is 1. The summed E-state index contributed by atoms with van der Waals surface area (Å²) in [5, 5.41) is 4.47. The van der Waals surface area contributed by atoms with Crippen LogP contribution in [0.15, 0.2) is 78.9 Å². The highest BCUT2D eigenvalue weighted by atomic mass is 32.1. The van der Waals surface area contributed by atoms with Crippen molar-refractivity contribution in [1.29, 1.82) is 0 Å². The number of H-pyrrole nitrogens is 1. The maximum Gasteiger partial charge on any atom is 0.276 e. The van der Waals surface area contributed by atoms with E-state index in [2.05, 4.69) is 21.2 Å². The first kappa shape index (κ1) is 20.4. The zero-order chi connectivity index (χ0) is 21.6. The Kier molecular flexibility index (Phi) is 6.14. The summed E-state index contributed by atoms with van der Waals surface area (Å²) >= 11 is 5.40. The lowest BCUT2D eigenvalue weighted by molar-refractivity contribution is -0.123. The Hall–Kier alpha value is -3.84. The van der Waals surface area contributed by atoms with Gasteiger partial charge in [-0.1, -0.05) is 66.7 Å². The number of anilines is 1. The van der Waals surface area contributed by atoms with E-state index in [0.717, 1.165) is 33.4 Å². The Morgan fingerprint density at radius 2 is 1.65 bits per heavy atom. The number of carbonyl (C=O) groups excluding carboxylic acids is 1. The predicted molar refractivity (Wildman–Crippen MR) is 128 cm³/mol. The number of nitrogens with one attached hydrogen (secondary N) is 4. The zero-order valence-corrected chi connectivity index (χ0v) is 17.8. The van der Waals surface area contributed by atoms with Gasteiger partial charge < -0.3 is 15.0 Å². The fraction of sp³-hybridized carbons (Fsp3) is 0.0833. The molecule has 0 aliphatic heterocycles. The maximum atomic E-state index is 12.1. The van der Waals surface area contributed by atoms with E-state index in [1.54, 1.807) is 0 Å². The second-order valence-electron chi connectivity index (χ2n) is 6.97. The third kappa shape index (κ3) is 4.84. The van der Waals surface area contributed by atoms with E-state index in [-0.39, 0.29) is 17.6 Å². The van der Waals surface area contributed by atoms with Gasteiger partial charge in [-0.15, -0.1) is 0 Å². The van der Waals surface area contributed by atoms with Crippen LogP contribution in [0.3, 0.4) is 0 Å². The number of aromatic nitrogens is 1. The van der Waals surface area contributed by atoms with Crippen molar-refractivity contribution in [3.05, 3.63) is 84.4 Å². The molecular weight excluding hydrogens is 408 g/mol. The van der Waals surface area contributed by atoms with Gasteiger partial charge in [-0.3, -0.25) is 15.6 Å². The first-order valence-electron chi connectivity index (χ1n) is 9.82. The Bertz CT molecular complexity index is 1220. The Morgan fingerprint density at radius 3 is 2.45 bits per heavy atom. The van der Waals surface area contributed by atoms with Crippen molar-refractivity contribution in [2.24, 2.45) is 0 Å². The van der Waals surface area contributed by atoms with Crippen LogP contribution in [0.2, 0.25) is 0 Å². The van der Waals surface area contributed by atoms with Crippen LogP contribution < -0.4 is 20.9 Å². The van der Waals surface area contributed by atoms with Crippen molar-refractivity contribution in [2.75, 3.05) is 11.9 Å². The quantitative estimate of drug-likeness (QED) is 0.276. The van der Waals surface area contributed by atoms with E-state index in [4.69, 9.17) is 17.0 Å². The van der Waals surface area contributed by atoms with Gasteiger partial charge in [-0.2, -0.15) is 0 Å². The number of hydrogen-bond donors (Lipinski definition) is 4. The van der Waals surface area contributed by atoms with Crippen LogP contribution in [0.25, 0.3) is 22.2 Å². The lowest BCUT2D eigenvalue weighted by atomic mass is 10.1. The van der Waals surface area contributed by atoms with Crippen molar-refractivity contribution >= 4 is 39.8 Å².